The molecule has 1 aliphatic rings. The number of furan rings is 1. The van der Waals surface area contributed by atoms with Crippen LogP contribution in [0.1, 0.15) is 39.0 Å². The molecule has 1 amide bonds. The molecule has 9 nitrogen and oxygen atoms in total. The monoisotopic (exact) mass is 498 g/mol. The van der Waals surface area contributed by atoms with Crippen LogP contribution in [0.15, 0.2) is 65.3 Å². The lowest BCUT2D eigenvalue weighted by Gasteiger charge is -2.22. The summed E-state index contributed by atoms with van der Waals surface area (Å²) in [6.07, 6.45) is 4.06. The summed E-state index contributed by atoms with van der Waals surface area (Å²) in [6, 6.07) is 14.2. The fraction of sp³-hybridized carbons (Fsp3) is 0.214. The standard InChI is InChI=1S/C28H26N4O5/c1-4-32-25-20(27(33)31(3)21-6-5-12-29-26(21)32)15-18(16-30-25)11-13-36-22-8-7-19(14-17(22)2)23-9-10-24(37-23)28(34)35/h5-10,12,14-16H,4,11,13H2,1-3H3,(H,34,35). The third-order valence-electron chi connectivity index (χ3n) is 6.34. The molecule has 0 saturated carbocycles. The molecule has 1 N–H and O–H groups in total. The lowest BCUT2D eigenvalue weighted by molar-refractivity contribution is 0.0663. The van der Waals surface area contributed by atoms with Gasteiger partial charge in [0.2, 0.25) is 5.76 Å². The van der Waals surface area contributed by atoms with Crippen LogP contribution in [0.4, 0.5) is 17.3 Å². The number of anilines is 3. The molecule has 4 heterocycles. The average molecular weight is 499 g/mol. The van der Waals surface area contributed by atoms with Crippen molar-refractivity contribution in [2.45, 2.75) is 20.3 Å². The van der Waals surface area contributed by atoms with E-state index in [0.29, 0.717) is 48.3 Å². The van der Waals surface area contributed by atoms with E-state index in [-0.39, 0.29) is 11.7 Å². The van der Waals surface area contributed by atoms with Gasteiger partial charge in [-0.2, -0.15) is 0 Å². The van der Waals surface area contributed by atoms with Crippen LogP contribution in [0.25, 0.3) is 11.3 Å². The SMILES string of the molecule is CCN1c2ncc(CCOc3ccc(-c4ccc(C(=O)O)o4)cc3C)cc2C(=O)N(C)c2cccnc21. The second kappa shape index (κ2) is 9.77. The van der Waals surface area contributed by atoms with Crippen molar-refractivity contribution in [3.63, 3.8) is 0 Å². The smallest absolute Gasteiger partial charge is 0.371 e. The summed E-state index contributed by atoms with van der Waals surface area (Å²) in [5, 5.41) is 9.06. The summed E-state index contributed by atoms with van der Waals surface area (Å²) in [4.78, 5) is 37.1. The second-order valence-electron chi connectivity index (χ2n) is 8.72. The molecule has 4 aromatic rings. The van der Waals surface area contributed by atoms with E-state index in [1.165, 1.54) is 6.07 Å². The first-order valence-electron chi connectivity index (χ1n) is 11.9. The molecule has 188 valence electrons. The van der Waals surface area contributed by atoms with Gasteiger partial charge in [0, 0.05) is 38.0 Å². The maximum Gasteiger partial charge on any atom is 0.371 e. The molecule has 0 bridgehead atoms. The van der Waals surface area contributed by atoms with Crippen molar-refractivity contribution in [1.29, 1.82) is 0 Å². The van der Waals surface area contributed by atoms with E-state index < -0.39 is 5.97 Å². The number of carboxylic acid groups (broad SMARTS) is 1. The van der Waals surface area contributed by atoms with Crippen LogP contribution >= 0.6 is 0 Å². The molecule has 0 unspecified atom stereocenters. The quantitative estimate of drug-likeness (QED) is 0.374. The van der Waals surface area contributed by atoms with Gasteiger partial charge in [0.25, 0.3) is 5.91 Å². The lowest BCUT2D eigenvalue weighted by Crippen LogP contribution is -2.25. The fourth-order valence-electron chi connectivity index (χ4n) is 4.41. The van der Waals surface area contributed by atoms with Gasteiger partial charge in [0.05, 0.1) is 17.9 Å². The van der Waals surface area contributed by atoms with E-state index in [0.717, 1.165) is 22.4 Å². The van der Waals surface area contributed by atoms with Crippen molar-refractivity contribution in [3.05, 3.63) is 83.4 Å². The number of hydrogen-bond donors (Lipinski definition) is 1. The minimum absolute atomic E-state index is 0.103. The first-order valence-corrected chi connectivity index (χ1v) is 11.9. The second-order valence-corrected chi connectivity index (χ2v) is 8.72. The third kappa shape index (κ3) is 4.51. The molecule has 1 aromatic carbocycles. The summed E-state index contributed by atoms with van der Waals surface area (Å²) in [7, 11) is 1.75. The van der Waals surface area contributed by atoms with Gasteiger partial charge in [-0.15, -0.1) is 0 Å². The number of carboxylic acids is 1. The van der Waals surface area contributed by atoms with Crippen molar-refractivity contribution in [2.75, 3.05) is 30.0 Å². The number of aromatic carboxylic acids is 1. The van der Waals surface area contributed by atoms with Crippen LogP contribution in [-0.2, 0) is 6.42 Å². The first-order chi connectivity index (χ1) is 17.9. The number of benzene rings is 1. The number of carbonyl (C=O) groups excluding carboxylic acids is 1. The van der Waals surface area contributed by atoms with Gasteiger partial charge < -0.3 is 24.1 Å². The predicted molar refractivity (Wildman–Crippen MR) is 139 cm³/mol. The molecule has 37 heavy (non-hydrogen) atoms. The van der Waals surface area contributed by atoms with Gasteiger partial charge in [0.15, 0.2) is 5.82 Å². The van der Waals surface area contributed by atoms with E-state index in [2.05, 4.69) is 9.97 Å². The molecule has 5 rings (SSSR count). The lowest BCUT2D eigenvalue weighted by atomic mass is 10.1. The predicted octanol–water partition coefficient (Wildman–Crippen LogP) is 5.11. The van der Waals surface area contributed by atoms with Gasteiger partial charge in [-0.05, 0) is 73.5 Å². The van der Waals surface area contributed by atoms with Gasteiger partial charge in [-0.25, -0.2) is 14.8 Å². The normalized spacial score (nSPS) is 12.7. The van der Waals surface area contributed by atoms with E-state index in [1.54, 1.807) is 30.4 Å². The highest BCUT2D eigenvalue weighted by atomic mass is 16.5. The Kier molecular flexibility index (Phi) is 6.35. The molecular weight excluding hydrogens is 472 g/mol. The average Bonchev–Trinajstić information content (AvgIpc) is 3.38. The van der Waals surface area contributed by atoms with Crippen molar-refractivity contribution in [1.82, 2.24) is 9.97 Å². The number of pyridine rings is 2. The Morgan fingerprint density at radius 2 is 1.95 bits per heavy atom. The molecule has 0 spiro atoms. The highest BCUT2D eigenvalue weighted by molar-refractivity contribution is 6.12. The maximum absolute atomic E-state index is 13.3. The Morgan fingerprint density at radius 1 is 1.11 bits per heavy atom. The first kappa shape index (κ1) is 24.1. The number of ether oxygens (including phenoxy) is 1. The van der Waals surface area contributed by atoms with Crippen LogP contribution in [0.2, 0.25) is 0 Å². The molecular formula is C28H26N4O5. The topological polar surface area (TPSA) is 109 Å². The zero-order valence-corrected chi connectivity index (χ0v) is 20.8. The minimum Gasteiger partial charge on any atom is -0.493 e. The number of aryl methyl sites for hydroxylation is 1. The number of nitrogens with zero attached hydrogens (tertiary/aromatic N) is 4. The molecule has 0 radical (unpaired) electrons. The number of amides is 1. The van der Waals surface area contributed by atoms with Gasteiger partial charge in [-0.3, -0.25) is 4.79 Å². The van der Waals surface area contributed by atoms with Crippen LogP contribution in [-0.4, -0.2) is 47.2 Å². The molecule has 0 atom stereocenters. The summed E-state index contributed by atoms with van der Waals surface area (Å²) < 4.78 is 11.4. The fourth-order valence-corrected chi connectivity index (χ4v) is 4.41. The molecule has 0 fully saturated rings. The summed E-state index contributed by atoms with van der Waals surface area (Å²) in [5.41, 5.74) is 3.82. The zero-order chi connectivity index (χ0) is 26.1. The molecule has 9 heteroatoms. The Morgan fingerprint density at radius 3 is 2.68 bits per heavy atom. The van der Waals surface area contributed by atoms with Crippen LogP contribution in [0.5, 0.6) is 5.75 Å². The Labute approximate surface area is 214 Å². The zero-order valence-electron chi connectivity index (χ0n) is 20.8. The molecule has 0 aliphatic carbocycles. The summed E-state index contributed by atoms with van der Waals surface area (Å²) in [6.45, 7) is 4.95. The highest BCUT2D eigenvalue weighted by Gasteiger charge is 2.30. The number of fused-ring (bicyclic) bond motifs is 2. The van der Waals surface area contributed by atoms with Gasteiger partial charge in [-0.1, -0.05) is 0 Å². The molecule has 1 aliphatic heterocycles. The van der Waals surface area contributed by atoms with Crippen LogP contribution in [0, 0.1) is 6.92 Å². The number of hydrogen-bond acceptors (Lipinski definition) is 7. The third-order valence-corrected chi connectivity index (χ3v) is 6.34. The molecule has 3 aromatic heterocycles. The summed E-state index contributed by atoms with van der Waals surface area (Å²) >= 11 is 0. The van der Waals surface area contributed by atoms with E-state index in [9.17, 15) is 9.59 Å². The van der Waals surface area contributed by atoms with Crippen molar-refractivity contribution in [3.8, 4) is 17.1 Å². The van der Waals surface area contributed by atoms with E-state index in [4.69, 9.17) is 14.3 Å². The van der Waals surface area contributed by atoms with Crippen molar-refractivity contribution < 1.29 is 23.8 Å². The van der Waals surface area contributed by atoms with Crippen molar-refractivity contribution in [2.24, 2.45) is 0 Å². The van der Waals surface area contributed by atoms with Crippen molar-refractivity contribution >= 4 is 29.2 Å². The Bertz CT molecular complexity index is 1500. The summed E-state index contributed by atoms with van der Waals surface area (Å²) in [5.74, 6) is 1.15. The Balaban J connectivity index is 1.31. The van der Waals surface area contributed by atoms with Gasteiger partial charge >= 0.3 is 5.97 Å². The van der Waals surface area contributed by atoms with E-state index >= 15 is 0 Å². The number of carbonyl (C=O) groups is 2. The van der Waals surface area contributed by atoms with E-state index in [1.807, 2.05) is 55.1 Å². The molecule has 0 saturated heterocycles. The Hall–Kier alpha value is -4.66. The number of rotatable bonds is 7. The highest BCUT2D eigenvalue weighted by Crippen LogP contribution is 2.37. The number of aromatic nitrogens is 2. The van der Waals surface area contributed by atoms with Crippen LogP contribution < -0.4 is 14.5 Å². The van der Waals surface area contributed by atoms with Crippen LogP contribution in [0.3, 0.4) is 0 Å². The maximum atomic E-state index is 13.3. The minimum atomic E-state index is -1.10. The van der Waals surface area contributed by atoms with Gasteiger partial charge in [0.1, 0.15) is 17.3 Å². The largest absolute Gasteiger partial charge is 0.493 e.